The predicted molar refractivity (Wildman–Crippen MR) is 60.5 cm³/mol. The van der Waals surface area contributed by atoms with E-state index in [0.29, 0.717) is 12.5 Å². The molecule has 4 N–H and O–H groups in total. The van der Waals surface area contributed by atoms with Crippen LogP contribution in [0.4, 0.5) is 5.69 Å². The highest BCUT2D eigenvalue weighted by molar-refractivity contribution is 5.93. The van der Waals surface area contributed by atoms with Crippen molar-refractivity contribution in [2.75, 3.05) is 6.54 Å². The maximum Gasteiger partial charge on any atom is 0.287 e. The van der Waals surface area contributed by atoms with Gasteiger partial charge in [-0.05, 0) is 18.8 Å². The van der Waals surface area contributed by atoms with Crippen LogP contribution in [0.5, 0.6) is 0 Å². The van der Waals surface area contributed by atoms with Gasteiger partial charge < -0.3 is 16.0 Å². The van der Waals surface area contributed by atoms with Gasteiger partial charge in [-0.2, -0.15) is 0 Å². The Morgan fingerprint density at radius 1 is 1.71 bits per heavy atom. The number of nitro groups is 1. The van der Waals surface area contributed by atoms with Gasteiger partial charge in [0, 0.05) is 18.7 Å². The average molecular weight is 238 g/mol. The molecule has 1 unspecified atom stereocenters. The third-order valence-corrected chi connectivity index (χ3v) is 2.85. The lowest BCUT2D eigenvalue weighted by molar-refractivity contribution is -0.384. The van der Waals surface area contributed by atoms with E-state index in [1.165, 1.54) is 12.3 Å². The monoisotopic (exact) mass is 238 g/mol. The van der Waals surface area contributed by atoms with E-state index in [9.17, 15) is 14.9 Å². The number of H-pyrrole nitrogens is 1. The molecule has 1 aromatic rings. The van der Waals surface area contributed by atoms with Gasteiger partial charge in [0.2, 0.25) is 0 Å². The van der Waals surface area contributed by atoms with Gasteiger partial charge in [0.1, 0.15) is 5.69 Å². The molecule has 2 rings (SSSR count). The smallest absolute Gasteiger partial charge is 0.287 e. The highest BCUT2D eigenvalue weighted by Crippen LogP contribution is 2.31. The van der Waals surface area contributed by atoms with E-state index in [2.05, 4.69) is 10.3 Å². The van der Waals surface area contributed by atoms with Crippen molar-refractivity contribution in [1.82, 2.24) is 10.3 Å². The van der Waals surface area contributed by atoms with Gasteiger partial charge in [-0.3, -0.25) is 14.9 Å². The largest absolute Gasteiger partial charge is 0.351 e. The second-order valence-corrected chi connectivity index (χ2v) is 4.24. The van der Waals surface area contributed by atoms with Gasteiger partial charge in [0.15, 0.2) is 0 Å². The zero-order valence-corrected chi connectivity index (χ0v) is 9.18. The van der Waals surface area contributed by atoms with E-state index in [0.717, 1.165) is 12.8 Å². The van der Waals surface area contributed by atoms with E-state index < -0.39 is 4.92 Å². The molecule has 1 heterocycles. The van der Waals surface area contributed by atoms with Crippen LogP contribution in [0.1, 0.15) is 23.3 Å². The maximum absolute atomic E-state index is 11.6. The van der Waals surface area contributed by atoms with Gasteiger partial charge in [-0.15, -0.1) is 0 Å². The van der Waals surface area contributed by atoms with Crippen molar-refractivity contribution < 1.29 is 9.72 Å². The summed E-state index contributed by atoms with van der Waals surface area (Å²) in [5, 5.41) is 13.1. The fraction of sp³-hybridized carbons (Fsp3) is 0.500. The lowest BCUT2D eigenvalue weighted by Crippen LogP contribution is -2.38. The van der Waals surface area contributed by atoms with Gasteiger partial charge >= 0.3 is 0 Å². The number of nitrogens with two attached hydrogens (primary N) is 1. The first-order valence-electron chi connectivity index (χ1n) is 5.44. The molecule has 0 saturated heterocycles. The molecule has 1 fully saturated rings. The molecule has 0 aromatic carbocycles. The summed E-state index contributed by atoms with van der Waals surface area (Å²) < 4.78 is 0. The summed E-state index contributed by atoms with van der Waals surface area (Å²) in [6.45, 7) is 0.399. The van der Waals surface area contributed by atoms with Crippen LogP contribution >= 0.6 is 0 Å². The van der Waals surface area contributed by atoms with Crippen LogP contribution in [0.15, 0.2) is 12.3 Å². The molecule has 1 aromatic heterocycles. The first-order chi connectivity index (χ1) is 8.08. The second-order valence-electron chi connectivity index (χ2n) is 4.24. The number of hydrogen-bond acceptors (Lipinski definition) is 4. The minimum absolute atomic E-state index is 0.0242. The molecule has 7 nitrogen and oxygen atoms in total. The quantitative estimate of drug-likeness (QED) is 0.508. The molecule has 0 spiro atoms. The molecule has 0 bridgehead atoms. The first kappa shape index (κ1) is 11.6. The number of nitrogens with one attached hydrogen (secondary N) is 2. The zero-order chi connectivity index (χ0) is 12.4. The number of aromatic nitrogens is 1. The fourth-order valence-electron chi connectivity index (χ4n) is 1.62. The number of hydrogen-bond donors (Lipinski definition) is 3. The highest BCUT2D eigenvalue weighted by atomic mass is 16.6. The average Bonchev–Trinajstić information content (AvgIpc) is 3.02. The number of carbonyl (C=O) groups excluding carboxylic acids is 1. The summed E-state index contributed by atoms with van der Waals surface area (Å²) in [6.07, 6.45) is 3.42. The molecule has 7 heteroatoms. The van der Waals surface area contributed by atoms with E-state index >= 15 is 0 Å². The molecule has 1 aliphatic rings. The predicted octanol–water partition coefficient (Wildman–Crippen LogP) is 0.390. The van der Waals surface area contributed by atoms with Crippen molar-refractivity contribution in [1.29, 1.82) is 0 Å². The highest BCUT2D eigenvalue weighted by Gasteiger charge is 2.28. The maximum atomic E-state index is 11.6. The summed E-state index contributed by atoms with van der Waals surface area (Å²) in [4.78, 5) is 24.1. The third kappa shape index (κ3) is 2.82. The first-order valence-corrected chi connectivity index (χ1v) is 5.44. The molecule has 17 heavy (non-hydrogen) atoms. The summed E-state index contributed by atoms with van der Waals surface area (Å²) in [5.41, 5.74) is 5.88. The minimum Gasteiger partial charge on any atom is -0.351 e. The summed E-state index contributed by atoms with van der Waals surface area (Å²) in [7, 11) is 0. The Hall–Kier alpha value is -1.89. The normalized spacial score (nSPS) is 16.5. The lowest BCUT2D eigenvalue weighted by Gasteiger charge is -2.10. The molecular weight excluding hydrogens is 224 g/mol. The molecular formula is C10H14N4O3. The van der Waals surface area contributed by atoms with Gasteiger partial charge in [-0.1, -0.05) is 0 Å². The van der Waals surface area contributed by atoms with Crippen molar-refractivity contribution in [3.63, 3.8) is 0 Å². The molecule has 1 saturated carbocycles. The molecule has 0 radical (unpaired) electrons. The van der Waals surface area contributed by atoms with Crippen molar-refractivity contribution >= 4 is 11.6 Å². The van der Waals surface area contributed by atoms with Crippen LogP contribution in [0.2, 0.25) is 0 Å². The second kappa shape index (κ2) is 4.54. The van der Waals surface area contributed by atoms with Crippen molar-refractivity contribution in [2.45, 2.75) is 18.9 Å². The Balaban J connectivity index is 1.87. The van der Waals surface area contributed by atoms with E-state index in [1.807, 2.05) is 0 Å². The van der Waals surface area contributed by atoms with Crippen molar-refractivity contribution in [3.05, 3.63) is 28.1 Å². The SMILES string of the molecule is NC(CNC(=O)c1cc([N+](=O)[O-])c[nH]1)C1CC1. The summed E-state index contributed by atoms with van der Waals surface area (Å²) in [6, 6.07) is 1.18. The Bertz CT molecular complexity index is 439. The zero-order valence-electron chi connectivity index (χ0n) is 9.18. The Morgan fingerprint density at radius 3 is 2.94 bits per heavy atom. The van der Waals surface area contributed by atoms with Gasteiger partial charge in [0.25, 0.3) is 11.6 Å². The Morgan fingerprint density at radius 2 is 2.41 bits per heavy atom. The fourth-order valence-corrected chi connectivity index (χ4v) is 1.62. The summed E-state index contributed by atoms with van der Waals surface area (Å²) >= 11 is 0. The number of aromatic amines is 1. The summed E-state index contributed by atoms with van der Waals surface area (Å²) in [5.74, 6) is 0.141. The van der Waals surface area contributed by atoms with E-state index in [4.69, 9.17) is 5.73 Å². The van der Waals surface area contributed by atoms with E-state index in [-0.39, 0.29) is 23.3 Å². The van der Waals surface area contributed by atoms with Gasteiger partial charge in [0.05, 0.1) is 11.1 Å². The van der Waals surface area contributed by atoms with Crippen LogP contribution in [-0.2, 0) is 0 Å². The third-order valence-electron chi connectivity index (χ3n) is 2.85. The molecule has 92 valence electrons. The standard InChI is InChI=1S/C10H14N4O3/c11-8(6-1-2-6)5-13-10(15)9-3-7(4-12-9)14(16)17/h3-4,6,8,12H,1-2,5,11H2,(H,13,15). The molecule has 1 atom stereocenters. The van der Waals surface area contributed by atoms with Gasteiger partial charge in [-0.25, -0.2) is 0 Å². The minimum atomic E-state index is -0.552. The number of carbonyl (C=O) groups is 1. The Kier molecular flexibility index (Phi) is 3.10. The molecule has 1 amide bonds. The Labute approximate surface area is 97.5 Å². The number of rotatable bonds is 5. The van der Waals surface area contributed by atoms with Crippen molar-refractivity contribution in [3.8, 4) is 0 Å². The molecule has 0 aliphatic heterocycles. The lowest BCUT2D eigenvalue weighted by atomic mass is 10.2. The van der Waals surface area contributed by atoms with Crippen LogP contribution in [0, 0.1) is 16.0 Å². The number of amides is 1. The molecule has 1 aliphatic carbocycles. The van der Waals surface area contributed by atoms with Crippen LogP contribution in [0.3, 0.4) is 0 Å². The van der Waals surface area contributed by atoms with Crippen LogP contribution < -0.4 is 11.1 Å². The van der Waals surface area contributed by atoms with Crippen molar-refractivity contribution in [2.24, 2.45) is 11.7 Å². The van der Waals surface area contributed by atoms with Crippen LogP contribution in [0.25, 0.3) is 0 Å². The number of nitrogens with zero attached hydrogens (tertiary/aromatic N) is 1. The topological polar surface area (TPSA) is 114 Å². The van der Waals surface area contributed by atoms with E-state index in [1.54, 1.807) is 0 Å². The van der Waals surface area contributed by atoms with Crippen LogP contribution in [-0.4, -0.2) is 28.4 Å².